The van der Waals surface area contributed by atoms with Gasteiger partial charge < -0.3 is 10.6 Å². The van der Waals surface area contributed by atoms with Gasteiger partial charge in [-0.25, -0.2) is 14.4 Å². The molecule has 104 valence electrons. The molecule has 0 radical (unpaired) electrons. The number of carbonyl (C=O) groups excluding carboxylic acids is 1. The maximum Gasteiger partial charge on any atom is 0.222 e. The van der Waals surface area contributed by atoms with E-state index in [4.69, 9.17) is 5.73 Å². The number of aromatic nitrogens is 3. The average molecular weight is 275 g/mol. The van der Waals surface area contributed by atoms with Gasteiger partial charge in [-0.15, -0.1) is 0 Å². The lowest BCUT2D eigenvalue weighted by Gasteiger charge is -2.17. The summed E-state index contributed by atoms with van der Waals surface area (Å²) >= 11 is 0. The lowest BCUT2D eigenvalue weighted by Crippen LogP contribution is -2.22. The van der Waals surface area contributed by atoms with Crippen LogP contribution < -0.4 is 5.73 Å². The van der Waals surface area contributed by atoms with Gasteiger partial charge in [-0.2, -0.15) is 0 Å². The van der Waals surface area contributed by atoms with E-state index in [0.29, 0.717) is 6.42 Å². The van der Waals surface area contributed by atoms with Crippen LogP contribution >= 0.6 is 0 Å². The zero-order valence-electron chi connectivity index (χ0n) is 11.0. The molecular weight excluding hydrogens is 261 g/mol. The summed E-state index contributed by atoms with van der Waals surface area (Å²) < 4.78 is 15.3. The van der Waals surface area contributed by atoms with Crippen molar-refractivity contribution in [2.75, 3.05) is 12.8 Å². The zero-order valence-corrected chi connectivity index (χ0v) is 11.0. The van der Waals surface area contributed by atoms with Crippen molar-refractivity contribution in [2.45, 2.75) is 18.9 Å². The largest absolute Gasteiger partial charge is 0.397 e. The van der Waals surface area contributed by atoms with Crippen molar-refractivity contribution in [3.63, 3.8) is 0 Å². The van der Waals surface area contributed by atoms with Gasteiger partial charge in [0.2, 0.25) is 5.91 Å². The summed E-state index contributed by atoms with van der Waals surface area (Å²) in [6.07, 6.45) is 5.82. The smallest absolute Gasteiger partial charge is 0.222 e. The predicted octanol–water partition coefficient (Wildman–Crippen LogP) is 1.28. The summed E-state index contributed by atoms with van der Waals surface area (Å²) in [5, 5.41) is 0. The van der Waals surface area contributed by atoms with Crippen LogP contribution in [0.2, 0.25) is 0 Å². The van der Waals surface area contributed by atoms with Crippen molar-refractivity contribution in [1.29, 1.82) is 0 Å². The van der Waals surface area contributed by atoms with E-state index in [1.165, 1.54) is 23.2 Å². The van der Waals surface area contributed by atoms with Gasteiger partial charge in [-0.1, -0.05) is 0 Å². The summed E-state index contributed by atoms with van der Waals surface area (Å²) in [6.45, 7) is 0. The monoisotopic (exact) mass is 275 g/mol. The highest BCUT2D eigenvalue weighted by Gasteiger charge is 2.30. The molecule has 2 aromatic heterocycles. The molecular formula is C13H14FN5O. The Hall–Kier alpha value is -2.44. The molecule has 2 aromatic rings. The third-order valence-corrected chi connectivity index (χ3v) is 3.52. The van der Waals surface area contributed by atoms with Gasteiger partial charge in [0.1, 0.15) is 6.33 Å². The van der Waals surface area contributed by atoms with Gasteiger partial charge >= 0.3 is 0 Å². The van der Waals surface area contributed by atoms with E-state index in [0.717, 1.165) is 12.1 Å². The second-order valence-electron chi connectivity index (χ2n) is 4.84. The van der Waals surface area contributed by atoms with Crippen molar-refractivity contribution >= 4 is 11.6 Å². The van der Waals surface area contributed by atoms with Gasteiger partial charge in [-0.05, 0) is 6.42 Å². The van der Waals surface area contributed by atoms with Crippen LogP contribution in [0.3, 0.4) is 0 Å². The third kappa shape index (κ3) is 2.01. The van der Waals surface area contributed by atoms with Crippen molar-refractivity contribution in [3.8, 4) is 5.82 Å². The van der Waals surface area contributed by atoms with Crippen LogP contribution in [0.4, 0.5) is 10.1 Å². The molecule has 7 heteroatoms. The van der Waals surface area contributed by atoms with Crippen LogP contribution in [0.15, 0.2) is 24.8 Å². The third-order valence-electron chi connectivity index (χ3n) is 3.52. The normalized spacial score (nSPS) is 18.8. The van der Waals surface area contributed by atoms with Gasteiger partial charge in [0.05, 0.1) is 23.6 Å². The Labute approximate surface area is 115 Å². The number of nitrogen functional groups attached to an aromatic ring is 1. The maximum absolute atomic E-state index is 13.8. The van der Waals surface area contributed by atoms with Crippen LogP contribution in [-0.4, -0.2) is 32.4 Å². The molecule has 20 heavy (non-hydrogen) atoms. The summed E-state index contributed by atoms with van der Waals surface area (Å²) in [5.74, 6) is -0.268. The zero-order chi connectivity index (χ0) is 14.3. The van der Waals surface area contributed by atoms with Crippen molar-refractivity contribution in [1.82, 2.24) is 19.4 Å². The molecule has 0 saturated carbocycles. The molecule has 6 nitrogen and oxygen atoms in total. The van der Waals surface area contributed by atoms with Crippen molar-refractivity contribution in [3.05, 3.63) is 36.3 Å². The Bertz CT molecular complexity index is 669. The SMILES string of the molecule is CN1C(=O)CCC1c1cn(-c2ncc(N)cc2F)cn1. The fourth-order valence-electron chi connectivity index (χ4n) is 2.41. The number of rotatable bonds is 2. The fourth-order valence-corrected chi connectivity index (χ4v) is 2.41. The molecule has 0 aliphatic carbocycles. The van der Waals surface area contributed by atoms with Gasteiger partial charge in [0.25, 0.3) is 0 Å². The van der Waals surface area contributed by atoms with E-state index in [2.05, 4.69) is 9.97 Å². The molecule has 1 aliphatic rings. The van der Waals surface area contributed by atoms with Crippen LogP contribution in [-0.2, 0) is 4.79 Å². The summed E-state index contributed by atoms with van der Waals surface area (Å²) in [5.41, 5.74) is 6.48. The number of nitrogens with two attached hydrogens (primary N) is 1. The minimum Gasteiger partial charge on any atom is -0.397 e. The number of anilines is 1. The molecule has 1 unspecified atom stereocenters. The molecule has 1 aliphatic heterocycles. The summed E-state index contributed by atoms with van der Waals surface area (Å²) in [4.78, 5) is 21.4. The Balaban J connectivity index is 1.92. The molecule has 0 aromatic carbocycles. The van der Waals surface area contributed by atoms with E-state index >= 15 is 0 Å². The molecule has 0 spiro atoms. The quantitative estimate of drug-likeness (QED) is 0.895. The van der Waals surface area contributed by atoms with E-state index in [1.807, 2.05) is 0 Å². The average Bonchev–Trinajstić information content (AvgIpc) is 2.98. The van der Waals surface area contributed by atoms with E-state index in [9.17, 15) is 9.18 Å². The Morgan fingerprint density at radius 1 is 1.45 bits per heavy atom. The minimum atomic E-state index is -0.509. The highest BCUT2D eigenvalue weighted by Crippen LogP contribution is 2.30. The molecule has 1 saturated heterocycles. The number of pyridine rings is 1. The number of hydrogen-bond acceptors (Lipinski definition) is 4. The highest BCUT2D eigenvalue weighted by molar-refractivity contribution is 5.78. The number of hydrogen-bond donors (Lipinski definition) is 1. The van der Waals surface area contributed by atoms with Gasteiger partial charge in [-0.3, -0.25) is 9.36 Å². The lowest BCUT2D eigenvalue weighted by atomic mass is 10.2. The summed E-state index contributed by atoms with van der Waals surface area (Å²) in [6, 6.07) is 1.16. The van der Waals surface area contributed by atoms with Crippen LogP contribution in [0, 0.1) is 5.82 Å². The van der Waals surface area contributed by atoms with Crippen molar-refractivity contribution in [2.24, 2.45) is 0 Å². The molecule has 0 bridgehead atoms. The van der Waals surface area contributed by atoms with E-state index in [-0.39, 0.29) is 23.5 Å². The highest BCUT2D eigenvalue weighted by atomic mass is 19.1. The lowest BCUT2D eigenvalue weighted by molar-refractivity contribution is -0.127. The van der Waals surface area contributed by atoms with Crippen LogP contribution in [0.5, 0.6) is 0 Å². The number of halogens is 1. The van der Waals surface area contributed by atoms with Crippen LogP contribution in [0.1, 0.15) is 24.6 Å². The number of carbonyl (C=O) groups is 1. The summed E-state index contributed by atoms with van der Waals surface area (Å²) in [7, 11) is 1.75. The number of likely N-dealkylation sites (tertiary alicyclic amines) is 1. The van der Waals surface area contributed by atoms with E-state index in [1.54, 1.807) is 18.1 Å². The first-order valence-electron chi connectivity index (χ1n) is 6.27. The first-order chi connectivity index (χ1) is 9.56. The maximum atomic E-state index is 13.8. The minimum absolute atomic E-state index is 0.0550. The first kappa shape index (κ1) is 12.6. The second kappa shape index (κ2) is 4.59. The van der Waals surface area contributed by atoms with Crippen molar-refractivity contribution < 1.29 is 9.18 Å². The molecule has 1 fully saturated rings. The predicted molar refractivity (Wildman–Crippen MR) is 70.5 cm³/mol. The molecule has 3 rings (SSSR count). The number of amides is 1. The fraction of sp³-hybridized carbons (Fsp3) is 0.308. The second-order valence-corrected chi connectivity index (χ2v) is 4.84. The number of nitrogens with zero attached hydrogens (tertiary/aromatic N) is 4. The Morgan fingerprint density at radius 2 is 2.25 bits per heavy atom. The molecule has 2 N–H and O–H groups in total. The van der Waals surface area contributed by atoms with Gasteiger partial charge in [0.15, 0.2) is 11.6 Å². The van der Waals surface area contributed by atoms with Gasteiger partial charge in [0, 0.05) is 25.7 Å². The Morgan fingerprint density at radius 3 is 2.90 bits per heavy atom. The Kier molecular flexibility index (Phi) is 2.89. The molecule has 1 amide bonds. The topological polar surface area (TPSA) is 77.0 Å². The standard InChI is InChI=1S/C13H14FN5O/c1-18-11(2-3-12(18)20)10-6-19(7-17-10)13-9(14)4-8(15)5-16-13/h4-7,11H,2-3,15H2,1H3. The number of imidazole rings is 1. The van der Waals surface area contributed by atoms with E-state index < -0.39 is 5.82 Å². The molecule has 1 atom stereocenters. The molecule has 3 heterocycles. The van der Waals surface area contributed by atoms with Crippen LogP contribution in [0.25, 0.3) is 5.82 Å². The first-order valence-corrected chi connectivity index (χ1v) is 6.27.